The number of fused-ring (bicyclic) bond motifs is 1. The molecule has 1 aliphatic heterocycles. The minimum atomic E-state index is 0.135. The number of carbonyl (C=O) groups is 1. The first-order valence-electron chi connectivity index (χ1n) is 5.66. The van der Waals surface area contributed by atoms with E-state index in [-0.39, 0.29) is 11.8 Å². The summed E-state index contributed by atoms with van der Waals surface area (Å²) in [6.45, 7) is 2.00. The van der Waals surface area contributed by atoms with Gasteiger partial charge in [-0.15, -0.1) is 0 Å². The zero-order valence-corrected chi connectivity index (χ0v) is 9.12. The highest BCUT2D eigenvalue weighted by Gasteiger charge is 2.16. The summed E-state index contributed by atoms with van der Waals surface area (Å²) in [5.74, 6) is 0.292. The van der Waals surface area contributed by atoms with Gasteiger partial charge in [0.15, 0.2) is 0 Å². The number of rotatable bonds is 0. The number of hydrogen-bond donors (Lipinski definition) is 1. The molecule has 1 N–H and O–H groups in total. The summed E-state index contributed by atoms with van der Waals surface area (Å²) in [5, 5.41) is 3.01. The summed E-state index contributed by atoms with van der Waals surface area (Å²) in [4.78, 5) is 11.8. The maximum Gasteiger partial charge on any atom is 0.227 e. The smallest absolute Gasteiger partial charge is 0.227 e. The molecule has 0 saturated carbocycles. The molecule has 0 bridgehead atoms. The molecule has 2 nitrogen and oxygen atoms in total. The van der Waals surface area contributed by atoms with Crippen molar-refractivity contribution in [1.82, 2.24) is 0 Å². The second kappa shape index (κ2) is 4.47. The predicted octanol–water partition coefficient (Wildman–Crippen LogP) is 2.99. The Balaban J connectivity index is 2.26. The van der Waals surface area contributed by atoms with Crippen LogP contribution in [0.15, 0.2) is 24.3 Å². The summed E-state index contributed by atoms with van der Waals surface area (Å²) >= 11 is 0. The molecule has 0 spiro atoms. The van der Waals surface area contributed by atoms with Gasteiger partial charge < -0.3 is 5.32 Å². The summed E-state index contributed by atoms with van der Waals surface area (Å²) in [6.07, 6.45) is 4.39. The van der Waals surface area contributed by atoms with Gasteiger partial charge in [0.05, 0.1) is 0 Å². The van der Waals surface area contributed by atoms with Gasteiger partial charge in [0.2, 0.25) is 5.91 Å². The van der Waals surface area contributed by atoms with Crippen LogP contribution < -0.4 is 5.32 Å². The summed E-state index contributed by atoms with van der Waals surface area (Å²) in [5.41, 5.74) is 2.26. The molecular formula is C13H17NO. The molecule has 1 aliphatic rings. The van der Waals surface area contributed by atoms with Crippen LogP contribution in [0.25, 0.3) is 0 Å². The van der Waals surface area contributed by atoms with E-state index < -0.39 is 0 Å². The van der Waals surface area contributed by atoms with Crippen molar-refractivity contribution in [2.24, 2.45) is 5.92 Å². The molecule has 0 aliphatic carbocycles. The van der Waals surface area contributed by atoms with E-state index in [0.717, 1.165) is 24.9 Å². The number of carbonyl (C=O) groups excluding carboxylic acids is 1. The molecule has 0 saturated heterocycles. The lowest BCUT2D eigenvalue weighted by Crippen LogP contribution is -2.20. The minimum Gasteiger partial charge on any atom is -0.326 e. The van der Waals surface area contributed by atoms with Crippen molar-refractivity contribution in [1.29, 1.82) is 0 Å². The predicted molar refractivity (Wildman–Crippen MR) is 61.8 cm³/mol. The molecule has 1 aromatic rings. The Bertz CT molecular complexity index is 359. The second-order valence-corrected chi connectivity index (χ2v) is 4.29. The van der Waals surface area contributed by atoms with Crippen molar-refractivity contribution in [2.75, 3.05) is 5.32 Å². The topological polar surface area (TPSA) is 29.1 Å². The molecule has 1 aromatic carbocycles. The van der Waals surface area contributed by atoms with Crippen LogP contribution in [0.2, 0.25) is 0 Å². The first-order valence-corrected chi connectivity index (χ1v) is 5.66. The second-order valence-electron chi connectivity index (χ2n) is 4.29. The van der Waals surface area contributed by atoms with Gasteiger partial charge in [-0.3, -0.25) is 4.79 Å². The number of nitrogens with one attached hydrogen (secondary N) is 1. The summed E-state index contributed by atoms with van der Waals surface area (Å²) in [6, 6.07) is 8.10. The third-order valence-electron chi connectivity index (χ3n) is 3.06. The zero-order chi connectivity index (χ0) is 10.7. The minimum absolute atomic E-state index is 0.135. The molecule has 2 rings (SSSR count). The van der Waals surface area contributed by atoms with E-state index in [9.17, 15) is 4.79 Å². The lowest BCUT2D eigenvalue weighted by atomic mass is 10.0. The monoisotopic (exact) mass is 203 g/mol. The number of hydrogen-bond acceptors (Lipinski definition) is 1. The van der Waals surface area contributed by atoms with E-state index in [1.807, 2.05) is 25.1 Å². The third kappa shape index (κ3) is 2.38. The Kier molecular flexibility index (Phi) is 3.05. The van der Waals surface area contributed by atoms with Crippen LogP contribution in [0.3, 0.4) is 0 Å². The quantitative estimate of drug-likeness (QED) is 0.690. The van der Waals surface area contributed by atoms with Gasteiger partial charge in [-0.1, -0.05) is 31.5 Å². The molecule has 15 heavy (non-hydrogen) atoms. The van der Waals surface area contributed by atoms with Gasteiger partial charge in [-0.05, 0) is 30.9 Å². The molecule has 1 atom stereocenters. The molecule has 1 amide bonds. The number of amides is 1. The lowest BCUT2D eigenvalue weighted by Gasteiger charge is -2.11. The number of aryl methyl sites for hydroxylation is 1. The Morgan fingerprint density at radius 1 is 1.27 bits per heavy atom. The van der Waals surface area contributed by atoms with Crippen LogP contribution in [-0.2, 0) is 11.2 Å². The van der Waals surface area contributed by atoms with Gasteiger partial charge in [0, 0.05) is 11.6 Å². The largest absolute Gasteiger partial charge is 0.326 e. The molecule has 0 aromatic heterocycles. The average Bonchev–Trinajstić information content (AvgIpc) is 2.31. The SMILES string of the molecule is CC1CCCCc2ccccc2NC1=O. The van der Waals surface area contributed by atoms with Crippen molar-refractivity contribution in [3.05, 3.63) is 29.8 Å². The van der Waals surface area contributed by atoms with E-state index >= 15 is 0 Å². The van der Waals surface area contributed by atoms with Crippen LogP contribution in [-0.4, -0.2) is 5.91 Å². The van der Waals surface area contributed by atoms with Crippen molar-refractivity contribution >= 4 is 11.6 Å². The fourth-order valence-corrected chi connectivity index (χ4v) is 2.01. The van der Waals surface area contributed by atoms with Gasteiger partial charge >= 0.3 is 0 Å². The molecule has 2 heteroatoms. The van der Waals surface area contributed by atoms with Gasteiger partial charge in [0.25, 0.3) is 0 Å². The maximum absolute atomic E-state index is 11.8. The highest BCUT2D eigenvalue weighted by Crippen LogP contribution is 2.22. The van der Waals surface area contributed by atoms with Crippen LogP contribution in [0.5, 0.6) is 0 Å². The van der Waals surface area contributed by atoms with Gasteiger partial charge in [-0.2, -0.15) is 0 Å². The Morgan fingerprint density at radius 3 is 2.93 bits per heavy atom. The maximum atomic E-state index is 11.8. The Labute approximate surface area is 90.7 Å². The summed E-state index contributed by atoms with van der Waals surface area (Å²) in [7, 11) is 0. The Morgan fingerprint density at radius 2 is 2.07 bits per heavy atom. The first-order chi connectivity index (χ1) is 7.27. The Hall–Kier alpha value is -1.31. The number of para-hydroxylation sites is 1. The van der Waals surface area contributed by atoms with Crippen LogP contribution >= 0.6 is 0 Å². The molecular weight excluding hydrogens is 186 g/mol. The number of benzene rings is 1. The molecule has 1 unspecified atom stereocenters. The molecule has 80 valence electrons. The van der Waals surface area contributed by atoms with E-state index in [4.69, 9.17) is 0 Å². The van der Waals surface area contributed by atoms with Gasteiger partial charge in [-0.25, -0.2) is 0 Å². The zero-order valence-electron chi connectivity index (χ0n) is 9.12. The molecule has 0 radical (unpaired) electrons. The highest BCUT2D eigenvalue weighted by molar-refractivity contribution is 5.93. The average molecular weight is 203 g/mol. The standard InChI is InChI=1S/C13H17NO/c1-10-6-2-3-7-11-8-4-5-9-12(11)14-13(10)15/h4-5,8-10H,2-3,6-7H2,1H3,(H,14,15). The molecule has 1 heterocycles. The van der Waals surface area contributed by atoms with Gasteiger partial charge in [0.1, 0.15) is 0 Å². The van der Waals surface area contributed by atoms with E-state index in [1.165, 1.54) is 12.0 Å². The molecule has 0 fully saturated rings. The summed E-state index contributed by atoms with van der Waals surface area (Å²) < 4.78 is 0. The fourth-order valence-electron chi connectivity index (χ4n) is 2.01. The van der Waals surface area contributed by atoms with E-state index in [2.05, 4.69) is 11.4 Å². The van der Waals surface area contributed by atoms with Crippen LogP contribution in [0.4, 0.5) is 5.69 Å². The first kappa shape index (κ1) is 10.2. The fraction of sp³-hybridized carbons (Fsp3) is 0.462. The van der Waals surface area contributed by atoms with Crippen LogP contribution in [0, 0.1) is 5.92 Å². The van der Waals surface area contributed by atoms with E-state index in [1.54, 1.807) is 0 Å². The lowest BCUT2D eigenvalue weighted by molar-refractivity contribution is -0.119. The van der Waals surface area contributed by atoms with Crippen molar-refractivity contribution in [2.45, 2.75) is 32.6 Å². The van der Waals surface area contributed by atoms with E-state index in [0.29, 0.717) is 0 Å². The van der Waals surface area contributed by atoms with Crippen LogP contribution in [0.1, 0.15) is 31.7 Å². The van der Waals surface area contributed by atoms with Crippen molar-refractivity contribution in [3.63, 3.8) is 0 Å². The van der Waals surface area contributed by atoms with Crippen molar-refractivity contribution in [3.8, 4) is 0 Å². The highest BCUT2D eigenvalue weighted by atomic mass is 16.1. The normalized spacial score (nSPS) is 21.9. The number of anilines is 1. The third-order valence-corrected chi connectivity index (χ3v) is 3.06. The van der Waals surface area contributed by atoms with Crippen molar-refractivity contribution < 1.29 is 4.79 Å².